The van der Waals surface area contributed by atoms with Crippen LogP contribution in [0.15, 0.2) is 24.3 Å². The topological polar surface area (TPSA) is 66.4 Å². The number of carbonyl (C=O) groups excluding carboxylic acids is 1. The van der Waals surface area contributed by atoms with Crippen molar-refractivity contribution in [1.29, 1.82) is 0 Å². The van der Waals surface area contributed by atoms with Crippen molar-refractivity contribution in [2.24, 2.45) is 5.92 Å². The third-order valence-electron chi connectivity index (χ3n) is 3.53. The SMILES string of the molecule is CC(C)C(C)(CC(=O)O)NC(=O)Cc1ccccc1F. The molecule has 4 nitrogen and oxygen atoms in total. The number of hydrogen-bond donors (Lipinski definition) is 2. The summed E-state index contributed by atoms with van der Waals surface area (Å²) in [5, 5.41) is 11.6. The molecule has 1 aromatic carbocycles. The van der Waals surface area contributed by atoms with Crippen molar-refractivity contribution in [2.75, 3.05) is 0 Å². The molecule has 0 radical (unpaired) electrons. The summed E-state index contributed by atoms with van der Waals surface area (Å²) in [5.74, 6) is -1.85. The molecule has 0 bridgehead atoms. The largest absolute Gasteiger partial charge is 0.481 e. The van der Waals surface area contributed by atoms with E-state index in [9.17, 15) is 14.0 Å². The summed E-state index contributed by atoms with van der Waals surface area (Å²) in [4.78, 5) is 22.9. The molecule has 0 spiro atoms. The van der Waals surface area contributed by atoms with Crippen LogP contribution in [0.5, 0.6) is 0 Å². The minimum atomic E-state index is -0.979. The van der Waals surface area contributed by atoms with Gasteiger partial charge in [-0.05, 0) is 24.5 Å². The molecule has 110 valence electrons. The smallest absolute Gasteiger partial charge is 0.305 e. The predicted octanol–water partition coefficient (Wildman–Crippen LogP) is 2.37. The Hall–Kier alpha value is -1.91. The third kappa shape index (κ3) is 4.33. The van der Waals surface area contributed by atoms with Gasteiger partial charge >= 0.3 is 5.97 Å². The van der Waals surface area contributed by atoms with E-state index in [4.69, 9.17) is 5.11 Å². The average molecular weight is 281 g/mol. The van der Waals surface area contributed by atoms with E-state index in [1.54, 1.807) is 25.1 Å². The van der Waals surface area contributed by atoms with E-state index < -0.39 is 17.3 Å². The molecule has 0 aliphatic rings. The van der Waals surface area contributed by atoms with E-state index in [0.717, 1.165) is 0 Å². The van der Waals surface area contributed by atoms with Crippen molar-refractivity contribution in [3.63, 3.8) is 0 Å². The number of carboxylic acid groups (broad SMARTS) is 1. The molecule has 0 saturated carbocycles. The van der Waals surface area contributed by atoms with Gasteiger partial charge in [0.25, 0.3) is 0 Å². The van der Waals surface area contributed by atoms with Gasteiger partial charge in [-0.2, -0.15) is 0 Å². The second-order valence-corrected chi connectivity index (χ2v) is 5.46. The van der Waals surface area contributed by atoms with Crippen molar-refractivity contribution in [3.8, 4) is 0 Å². The van der Waals surface area contributed by atoms with Crippen LogP contribution in [0.4, 0.5) is 4.39 Å². The van der Waals surface area contributed by atoms with Gasteiger partial charge in [0.15, 0.2) is 0 Å². The van der Waals surface area contributed by atoms with E-state index in [2.05, 4.69) is 5.32 Å². The van der Waals surface area contributed by atoms with Crippen LogP contribution in [0, 0.1) is 11.7 Å². The molecule has 5 heteroatoms. The van der Waals surface area contributed by atoms with E-state index in [-0.39, 0.29) is 24.7 Å². The van der Waals surface area contributed by atoms with Crippen LogP contribution >= 0.6 is 0 Å². The Bertz CT molecular complexity index is 502. The average Bonchev–Trinajstić information content (AvgIpc) is 2.30. The summed E-state index contributed by atoms with van der Waals surface area (Å²) in [6, 6.07) is 6.05. The van der Waals surface area contributed by atoms with Crippen molar-refractivity contribution >= 4 is 11.9 Å². The molecule has 1 atom stereocenters. The fraction of sp³-hybridized carbons (Fsp3) is 0.467. The van der Waals surface area contributed by atoms with Gasteiger partial charge in [0.05, 0.1) is 12.8 Å². The van der Waals surface area contributed by atoms with E-state index in [1.807, 2.05) is 13.8 Å². The summed E-state index contributed by atoms with van der Waals surface area (Å²) in [6.07, 6.45) is -0.276. The van der Waals surface area contributed by atoms with Gasteiger partial charge in [0.1, 0.15) is 5.82 Å². The maximum absolute atomic E-state index is 13.5. The highest BCUT2D eigenvalue weighted by atomic mass is 19.1. The molecule has 0 aromatic heterocycles. The molecule has 0 aliphatic heterocycles. The number of carboxylic acids is 1. The Labute approximate surface area is 118 Å². The van der Waals surface area contributed by atoms with Gasteiger partial charge in [-0.25, -0.2) is 4.39 Å². The zero-order valence-electron chi connectivity index (χ0n) is 11.9. The second-order valence-electron chi connectivity index (χ2n) is 5.46. The number of nitrogens with one attached hydrogen (secondary N) is 1. The van der Waals surface area contributed by atoms with Crippen LogP contribution in [0.3, 0.4) is 0 Å². The van der Waals surface area contributed by atoms with Gasteiger partial charge < -0.3 is 10.4 Å². The number of hydrogen-bond acceptors (Lipinski definition) is 2. The zero-order chi connectivity index (χ0) is 15.3. The van der Waals surface area contributed by atoms with Crippen molar-refractivity contribution in [1.82, 2.24) is 5.32 Å². The van der Waals surface area contributed by atoms with Crippen LogP contribution in [0.2, 0.25) is 0 Å². The lowest BCUT2D eigenvalue weighted by molar-refractivity contribution is -0.139. The highest BCUT2D eigenvalue weighted by molar-refractivity contribution is 5.80. The fourth-order valence-electron chi connectivity index (χ4n) is 1.88. The molecular formula is C15H20FNO3. The number of aliphatic carboxylic acids is 1. The van der Waals surface area contributed by atoms with Crippen LogP contribution < -0.4 is 5.32 Å². The molecule has 1 amide bonds. The summed E-state index contributed by atoms with van der Waals surface area (Å²) < 4.78 is 13.5. The van der Waals surface area contributed by atoms with Crippen LogP contribution in [0.25, 0.3) is 0 Å². The molecule has 0 fully saturated rings. The first kappa shape index (κ1) is 16.1. The highest BCUT2D eigenvalue weighted by Crippen LogP contribution is 2.21. The lowest BCUT2D eigenvalue weighted by Crippen LogP contribution is -2.51. The maximum atomic E-state index is 13.5. The molecule has 2 N–H and O–H groups in total. The van der Waals surface area contributed by atoms with E-state index >= 15 is 0 Å². The molecule has 0 aliphatic carbocycles. The lowest BCUT2D eigenvalue weighted by atomic mass is 9.85. The van der Waals surface area contributed by atoms with Crippen LogP contribution in [-0.2, 0) is 16.0 Å². The lowest BCUT2D eigenvalue weighted by Gasteiger charge is -2.33. The highest BCUT2D eigenvalue weighted by Gasteiger charge is 2.32. The minimum Gasteiger partial charge on any atom is -0.481 e. The molecule has 1 aromatic rings. The molecule has 1 rings (SSSR count). The van der Waals surface area contributed by atoms with Crippen molar-refractivity contribution in [3.05, 3.63) is 35.6 Å². The number of carbonyl (C=O) groups is 2. The van der Waals surface area contributed by atoms with Gasteiger partial charge in [-0.15, -0.1) is 0 Å². The first-order valence-corrected chi connectivity index (χ1v) is 6.51. The van der Waals surface area contributed by atoms with Crippen LogP contribution in [-0.4, -0.2) is 22.5 Å². The van der Waals surface area contributed by atoms with Crippen molar-refractivity contribution in [2.45, 2.75) is 39.2 Å². The van der Waals surface area contributed by atoms with Gasteiger partial charge in [-0.1, -0.05) is 32.0 Å². The van der Waals surface area contributed by atoms with E-state index in [0.29, 0.717) is 5.56 Å². The fourth-order valence-corrected chi connectivity index (χ4v) is 1.88. The number of rotatable bonds is 6. The summed E-state index contributed by atoms with van der Waals surface area (Å²) in [5.41, 5.74) is -0.555. The zero-order valence-corrected chi connectivity index (χ0v) is 11.9. The summed E-state index contributed by atoms with van der Waals surface area (Å²) in [7, 11) is 0. The Balaban J connectivity index is 2.77. The number of amides is 1. The van der Waals surface area contributed by atoms with Crippen molar-refractivity contribution < 1.29 is 19.1 Å². The van der Waals surface area contributed by atoms with Gasteiger partial charge in [-0.3, -0.25) is 9.59 Å². The molecule has 20 heavy (non-hydrogen) atoms. The Kier molecular flexibility index (Phi) is 5.25. The Morgan fingerprint density at radius 2 is 1.95 bits per heavy atom. The molecule has 0 saturated heterocycles. The Morgan fingerprint density at radius 3 is 2.45 bits per heavy atom. The standard InChI is InChI=1S/C15H20FNO3/c1-10(2)15(3,9-14(19)20)17-13(18)8-11-6-4-5-7-12(11)16/h4-7,10H,8-9H2,1-3H3,(H,17,18)(H,19,20). The summed E-state index contributed by atoms with van der Waals surface area (Å²) >= 11 is 0. The Morgan fingerprint density at radius 1 is 1.35 bits per heavy atom. The molecular weight excluding hydrogens is 261 g/mol. The number of benzene rings is 1. The molecule has 1 unspecified atom stereocenters. The monoisotopic (exact) mass is 281 g/mol. The molecule has 0 heterocycles. The minimum absolute atomic E-state index is 0.0526. The quantitative estimate of drug-likeness (QED) is 0.841. The normalized spacial score (nSPS) is 13.8. The maximum Gasteiger partial charge on any atom is 0.305 e. The van der Waals surface area contributed by atoms with Gasteiger partial charge in [0, 0.05) is 5.54 Å². The summed E-state index contributed by atoms with van der Waals surface area (Å²) in [6.45, 7) is 5.36. The predicted molar refractivity (Wildman–Crippen MR) is 73.7 cm³/mol. The first-order chi connectivity index (χ1) is 9.24. The van der Waals surface area contributed by atoms with E-state index in [1.165, 1.54) is 6.07 Å². The number of halogens is 1. The first-order valence-electron chi connectivity index (χ1n) is 6.51. The third-order valence-corrected chi connectivity index (χ3v) is 3.53. The second kappa shape index (κ2) is 6.50. The van der Waals surface area contributed by atoms with Crippen LogP contribution in [0.1, 0.15) is 32.8 Å². The van der Waals surface area contributed by atoms with Gasteiger partial charge in [0.2, 0.25) is 5.91 Å².